The maximum absolute atomic E-state index is 12.8. The Kier molecular flexibility index (Phi) is 6.59. The number of benzene rings is 1. The molecule has 35 heavy (non-hydrogen) atoms. The molecule has 4 aliphatic rings. The summed E-state index contributed by atoms with van der Waals surface area (Å²) in [5, 5.41) is 25.8. The molecule has 4 aliphatic carbocycles. The first-order valence-corrected chi connectivity index (χ1v) is 14.0. The summed E-state index contributed by atoms with van der Waals surface area (Å²) in [6, 6.07) is 9.10. The van der Waals surface area contributed by atoms with Gasteiger partial charge in [-0.1, -0.05) is 32.0 Å². The molecule has 194 valence electrons. The summed E-state index contributed by atoms with van der Waals surface area (Å²) in [7, 11) is 4.44. The summed E-state index contributed by atoms with van der Waals surface area (Å²) in [5.74, 6) is 2.62. The molecule has 5 rings (SSSR count). The van der Waals surface area contributed by atoms with Crippen LogP contribution in [-0.4, -0.2) is 59.4 Å². The normalized spacial score (nSPS) is 45.8. The lowest BCUT2D eigenvalue weighted by Gasteiger charge is -2.63. The smallest absolute Gasteiger partial charge is 0.251 e. The molecule has 0 aliphatic heterocycles. The van der Waals surface area contributed by atoms with Crippen LogP contribution >= 0.6 is 0 Å². The number of hydrogen-bond donors (Lipinski definition) is 3. The first-order valence-electron chi connectivity index (χ1n) is 14.0. The molecule has 3 N–H and O–H groups in total. The predicted molar refractivity (Wildman–Crippen MR) is 139 cm³/mol. The van der Waals surface area contributed by atoms with E-state index in [-0.39, 0.29) is 17.2 Å². The van der Waals surface area contributed by atoms with E-state index in [0.717, 1.165) is 18.3 Å². The molecule has 11 atom stereocenters. The summed E-state index contributed by atoms with van der Waals surface area (Å²) in [6.45, 7) is 7.31. The lowest BCUT2D eigenvalue weighted by atomic mass is 9.43. The summed E-state index contributed by atoms with van der Waals surface area (Å²) < 4.78 is 0. The molecule has 0 radical (unpaired) electrons. The van der Waals surface area contributed by atoms with E-state index in [1.807, 2.05) is 18.2 Å². The minimum Gasteiger partial charge on any atom is -0.391 e. The second-order valence-corrected chi connectivity index (χ2v) is 13.1. The van der Waals surface area contributed by atoms with Gasteiger partial charge in [-0.25, -0.2) is 0 Å². The average molecular weight is 483 g/mol. The minimum atomic E-state index is -0.726. The SMILES string of the molecule is C[C@@H]([C@H]1CC[C@H]2[C@@H]3CC[C@H]4[C@H](O)[C@H](NC(=O)c5ccccc5)[C@H](O)C[C@]4(C)[C@H]3CC[C@]12C)N(C)C. The predicted octanol–water partition coefficient (Wildman–Crippen LogP) is 4.34. The molecule has 5 nitrogen and oxygen atoms in total. The Bertz CT molecular complexity index is 921. The number of carbonyl (C=O) groups is 1. The van der Waals surface area contributed by atoms with Gasteiger partial charge in [-0.3, -0.25) is 4.79 Å². The van der Waals surface area contributed by atoms with Gasteiger partial charge in [0.2, 0.25) is 0 Å². The molecule has 0 saturated heterocycles. The van der Waals surface area contributed by atoms with Gasteiger partial charge in [0.05, 0.1) is 18.2 Å². The lowest BCUT2D eigenvalue weighted by Crippen LogP contribution is -2.65. The van der Waals surface area contributed by atoms with Gasteiger partial charge >= 0.3 is 0 Å². The zero-order chi connectivity index (χ0) is 25.1. The number of nitrogens with zero attached hydrogens (tertiary/aromatic N) is 1. The summed E-state index contributed by atoms with van der Waals surface area (Å²) in [4.78, 5) is 15.2. The van der Waals surface area contributed by atoms with Gasteiger partial charge in [0.15, 0.2) is 0 Å². The fourth-order valence-electron chi connectivity index (χ4n) is 9.60. The standard InChI is InChI=1S/C30H46N2O3/c1-18(32(4)5)21-13-14-22-20-11-12-24-27(34)26(31-28(35)19-9-7-6-8-10-19)25(33)17-30(24,3)23(20)15-16-29(21,22)2/h6-10,18,20-27,33-34H,11-17H2,1-5H3,(H,31,35)/t18-,20-,21+,22-,23-,24-,25+,26+,27-,29+,30+/m0/s1. The van der Waals surface area contributed by atoms with E-state index in [0.29, 0.717) is 35.3 Å². The van der Waals surface area contributed by atoms with E-state index in [1.54, 1.807) is 12.1 Å². The fourth-order valence-corrected chi connectivity index (χ4v) is 9.60. The molecular weight excluding hydrogens is 436 g/mol. The molecule has 0 aromatic heterocycles. The van der Waals surface area contributed by atoms with Crippen molar-refractivity contribution < 1.29 is 15.0 Å². The minimum absolute atomic E-state index is 0.0810. The Balaban J connectivity index is 1.34. The zero-order valence-corrected chi connectivity index (χ0v) is 22.3. The van der Waals surface area contributed by atoms with Gasteiger partial charge in [-0.05, 0) is 119 Å². The Morgan fingerprint density at radius 1 is 0.971 bits per heavy atom. The second kappa shape index (κ2) is 9.15. The molecule has 5 heteroatoms. The van der Waals surface area contributed by atoms with E-state index in [1.165, 1.54) is 32.1 Å². The Morgan fingerprint density at radius 2 is 1.63 bits per heavy atom. The van der Waals surface area contributed by atoms with Crippen molar-refractivity contribution in [2.75, 3.05) is 14.1 Å². The number of fused-ring (bicyclic) bond motifs is 5. The average Bonchev–Trinajstić information content (AvgIpc) is 3.18. The maximum atomic E-state index is 12.8. The third-order valence-corrected chi connectivity index (χ3v) is 11.6. The molecule has 0 unspecified atom stereocenters. The Hall–Kier alpha value is -1.43. The van der Waals surface area contributed by atoms with Crippen LogP contribution in [0.4, 0.5) is 0 Å². The first-order chi connectivity index (χ1) is 16.6. The van der Waals surface area contributed by atoms with Gasteiger partial charge in [0, 0.05) is 11.6 Å². The number of carbonyl (C=O) groups excluding carboxylic acids is 1. The van der Waals surface area contributed by atoms with Crippen LogP contribution in [0.25, 0.3) is 0 Å². The second-order valence-electron chi connectivity index (χ2n) is 13.1. The van der Waals surface area contributed by atoms with Gasteiger partial charge in [0.25, 0.3) is 5.91 Å². The van der Waals surface area contributed by atoms with Crippen LogP contribution in [0.1, 0.15) is 76.1 Å². The highest BCUT2D eigenvalue weighted by molar-refractivity contribution is 5.94. The van der Waals surface area contributed by atoms with Gasteiger partial charge in [-0.15, -0.1) is 0 Å². The molecule has 1 amide bonds. The molecule has 4 fully saturated rings. The van der Waals surface area contributed by atoms with Crippen LogP contribution in [0, 0.1) is 40.4 Å². The van der Waals surface area contributed by atoms with Gasteiger partial charge in [0.1, 0.15) is 0 Å². The van der Waals surface area contributed by atoms with Crippen molar-refractivity contribution in [2.24, 2.45) is 40.4 Å². The van der Waals surface area contributed by atoms with Crippen molar-refractivity contribution in [1.82, 2.24) is 10.2 Å². The topological polar surface area (TPSA) is 72.8 Å². The van der Waals surface area contributed by atoms with Gasteiger partial charge < -0.3 is 20.4 Å². The van der Waals surface area contributed by atoms with E-state index in [2.05, 4.69) is 45.1 Å². The quantitative estimate of drug-likeness (QED) is 0.597. The van der Waals surface area contributed by atoms with Crippen molar-refractivity contribution in [1.29, 1.82) is 0 Å². The van der Waals surface area contributed by atoms with Crippen molar-refractivity contribution in [3.63, 3.8) is 0 Å². The summed E-state index contributed by atoms with van der Waals surface area (Å²) in [6.07, 6.45) is 6.48. The summed E-state index contributed by atoms with van der Waals surface area (Å²) >= 11 is 0. The van der Waals surface area contributed by atoms with Crippen LogP contribution in [0.15, 0.2) is 30.3 Å². The largest absolute Gasteiger partial charge is 0.391 e. The summed E-state index contributed by atoms with van der Waals surface area (Å²) in [5.41, 5.74) is 0.882. The fraction of sp³-hybridized carbons (Fsp3) is 0.767. The molecule has 0 heterocycles. The van der Waals surface area contributed by atoms with Crippen molar-refractivity contribution >= 4 is 5.91 Å². The highest BCUT2D eigenvalue weighted by Crippen LogP contribution is 2.68. The zero-order valence-electron chi connectivity index (χ0n) is 22.3. The van der Waals surface area contributed by atoms with Crippen molar-refractivity contribution in [2.45, 2.75) is 90.0 Å². The number of aliphatic hydroxyl groups is 2. The Labute approximate surface area is 211 Å². The van der Waals surface area contributed by atoms with Crippen LogP contribution < -0.4 is 5.32 Å². The van der Waals surface area contributed by atoms with Crippen LogP contribution in [0.5, 0.6) is 0 Å². The maximum Gasteiger partial charge on any atom is 0.251 e. The number of hydrogen-bond acceptors (Lipinski definition) is 4. The third-order valence-electron chi connectivity index (χ3n) is 11.6. The molecule has 0 bridgehead atoms. The van der Waals surface area contributed by atoms with Crippen LogP contribution in [0.2, 0.25) is 0 Å². The van der Waals surface area contributed by atoms with Crippen molar-refractivity contribution in [3.8, 4) is 0 Å². The Morgan fingerprint density at radius 3 is 2.31 bits per heavy atom. The number of nitrogens with one attached hydrogen (secondary N) is 1. The van der Waals surface area contributed by atoms with Crippen molar-refractivity contribution in [3.05, 3.63) is 35.9 Å². The third kappa shape index (κ3) is 3.97. The van der Waals surface area contributed by atoms with Crippen LogP contribution in [-0.2, 0) is 0 Å². The van der Waals surface area contributed by atoms with E-state index in [4.69, 9.17) is 0 Å². The molecule has 4 saturated carbocycles. The molecule has 0 spiro atoms. The molecular formula is C30H46N2O3. The van der Waals surface area contributed by atoms with E-state index < -0.39 is 18.2 Å². The van der Waals surface area contributed by atoms with E-state index in [9.17, 15) is 15.0 Å². The molecule has 1 aromatic rings. The monoisotopic (exact) mass is 482 g/mol. The first kappa shape index (κ1) is 25.2. The van der Waals surface area contributed by atoms with Gasteiger partial charge in [-0.2, -0.15) is 0 Å². The number of aliphatic hydroxyl groups excluding tert-OH is 2. The van der Waals surface area contributed by atoms with Crippen LogP contribution in [0.3, 0.4) is 0 Å². The highest BCUT2D eigenvalue weighted by Gasteiger charge is 2.63. The number of amides is 1. The number of rotatable bonds is 4. The van der Waals surface area contributed by atoms with E-state index >= 15 is 0 Å². The molecule has 1 aromatic carbocycles. The highest BCUT2D eigenvalue weighted by atomic mass is 16.3. The lowest BCUT2D eigenvalue weighted by molar-refractivity contribution is -0.177.